The third-order valence-electron chi connectivity index (χ3n) is 4.66. The quantitative estimate of drug-likeness (QED) is 0.898. The number of carboxylic acid groups (broad SMARTS) is 1. The van der Waals surface area contributed by atoms with Crippen molar-refractivity contribution in [1.29, 1.82) is 0 Å². The molecule has 2 N–H and O–H groups in total. The van der Waals surface area contributed by atoms with Gasteiger partial charge in [0.25, 0.3) is 5.91 Å². The van der Waals surface area contributed by atoms with Crippen LogP contribution in [0.25, 0.3) is 10.9 Å². The van der Waals surface area contributed by atoms with Gasteiger partial charge in [0.2, 0.25) is 0 Å². The number of aliphatic carboxylic acids is 1. The summed E-state index contributed by atoms with van der Waals surface area (Å²) in [5, 5.41) is 10.3. The van der Waals surface area contributed by atoms with Crippen molar-refractivity contribution in [2.75, 3.05) is 26.8 Å². The molecule has 0 saturated carbocycles. The number of carbonyl (C=O) groups is 2. The number of amides is 1. The van der Waals surface area contributed by atoms with Gasteiger partial charge < -0.3 is 19.7 Å². The van der Waals surface area contributed by atoms with Crippen molar-refractivity contribution in [3.8, 4) is 0 Å². The number of methoxy groups -OCH3 is 1. The Morgan fingerprint density at radius 3 is 2.83 bits per heavy atom. The maximum atomic E-state index is 13.5. The van der Waals surface area contributed by atoms with E-state index in [9.17, 15) is 19.1 Å². The molecule has 1 aliphatic heterocycles. The number of nitrogens with one attached hydrogen (secondary N) is 1. The molecule has 0 radical (unpaired) electrons. The zero-order valence-electron chi connectivity index (χ0n) is 13.6. The van der Waals surface area contributed by atoms with Gasteiger partial charge >= 0.3 is 5.97 Å². The highest BCUT2D eigenvalue weighted by atomic mass is 19.1. The van der Waals surface area contributed by atoms with Crippen molar-refractivity contribution < 1.29 is 23.8 Å². The van der Waals surface area contributed by atoms with Gasteiger partial charge in [0.15, 0.2) is 0 Å². The second-order valence-corrected chi connectivity index (χ2v) is 6.36. The molecule has 1 amide bonds. The summed E-state index contributed by atoms with van der Waals surface area (Å²) >= 11 is 0. The molecule has 2 aromatic rings. The molecular formula is C17H19FN2O4. The zero-order chi connectivity index (χ0) is 17.5. The molecule has 0 bridgehead atoms. The minimum Gasteiger partial charge on any atom is -0.481 e. The van der Waals surface area contributed by atoms with Crippen molar-refractivity contribution in [3.63, 3.8) is 0 Å². The number of aromatic nitrogens is 1. The Labute approximate surface area is 138 Å². The number of likely N-dealkylation sites (tertiary alicyclic amines) is 1. The molecule has 128 valence electrons. The average molecular weight is 334 g/mol. The van der Waals surface area contributed by atoms with E-state index in [1.165, 1.54) is 24.1 Å². The standard InChI is InChI=1S/C17H19FN2O4/c1-10-5-11(18)6-13-12(10)7-14(19-13)15(21)20-4-3-17(8-20,9-24-2)16(22)23/h5-7,19H,3-4,8-9H2,1-2H3,(H,22,23). The summed E-state index contributed by atoms with van der Waals surface area (Å²) in [6.45, 7) is 2.27. The van der Waals surface area contributed by atoms with Gasteiger partial charge in [-0.25, -0.2) is 4.39 Å². The molecule has 0 aliphatic carbocycles. The van der Waals surface area contributed by atoms with E-state index in [2.05, 4.69) is 4.98 Å². The van der Waals surface area contributed by atoms with Gasteiger partial charge in [0, 0.05) is 31.1 Å². The first kappa shape index (κ1) is 16.4. The Hall–Kier alpha value is -2.41. The molecule has 1 aliphatic rings. The lowest BCUT2D eigenvalue weighted by molar-refractivity contribution is -0.151. The number of carboxylic acids is 1. The number of aromatic amines is 1. The average Bonchev–Trinajstić information content (AvgIpc) is 3.12. The lowest BCUT2D eigenvalue weighted by atomic mass is 9.88. The van der Waals surface area contributed by atoms with Crippen LogP contribution < -0.4 is 0 Å². The van der Waals surface area contributed by atoms with Crippen molar-refractivity contribution in [2.45, 2.75) is 13.3 Å². The maximum absolute atomic E-state index is 13.5. The van der Waals surface area contributed by atoms with Crippen molar-refractivity contribution in [2.24, 2.45) is 5.41 Å². The van der Waals surface area contributed by atoms with Crippen LogP contribution in [-0.2, 0) is 9.53 Å². The van der Waals surface area contributed by atoms with E-state index in [0.717, 1.165) is 10.9 Å². The smallest absolute Gasteiger partial charge is 0.313 e. The fourth-order valence-electron chi connectivity index (χ4n) is 3.34. The summed E-state index contributed by atoms with van der Waals surface area (Å²) in [7, 11) is 1.45. The summed E-state index contributed by atoms with van der Waals surface area (Å²) in [4.78, 5) is 28.7. The van der Waals surface area contributed by atoms with Gasteiger partial charge in [0.05, 0.1) is 6.61 Å². The highest BCUT2D eigenvalue weighted by Crippen LogP contribution is 2.32. The molecule has 7 heteroatoms. The van der Waals surface area contributed by atoms with E-state index in [1.54, 1.807) is 13.0 Å². The summed E-state index contributed by atoms with van der Waals surface area (Å²) < 4.78 is 18.5. The number of aryl methyl sites for hydroxylation is 1. The van der Waals surface area contributed by atoms with Gasteiger partial charge in [0.1, 0.15) is 16.9 Å². The number of carbonyl (C=O) groups excluding carboxylic acids is 1. The van der Waals surface area contributed by atoms with E-state index < -0.39 is 11.4 Å². The molecule has 3 rings (SSSR count). The van der Waals surface area contributed by atoms with Gasteiger partial charge in [-0.3, -0.25) is 9.59 Å². The van der Waals surface area contributed by atoms with E-state index in [-0.39, 0.29) is 24.9 Å². The van der Waals surface area contributed by atoms with Gasteiger partial charge in [-0.2, -0.15) is 0 Å². The Morgan fingerprint density at radius 1 is 1.42 bits per heavy atom. The number of hydrogen-bond donors (Lipinski definition) is 2. The van der Waals surface area contributed by atoms with Crippen LogP contribution in [0.3, 0.4) is 0 Å². The molecule has 1 saturated heterocycles. The second kappa shape index (κ2) is 5.90. The molecule has 1 aromatic carbocycles. The number of H-pyrrole nitrogens is 1. The molecule has 6 nitrogen and oxygen atoms in total. The predicted octanol–water partition coefficient (Wildman–Crippen LogP) is 2.18. The lowest BCUT2D eigenvalue weighted by Crippen LogP contribution is -2.40. The van der Waals surface area contributed by atoms with Gasteiger partial charge in [-0.15, -0.1) is 0 Å². The Bertz CT molecular complexity index is 816. The van der Waals surface area contributed by atoms with Crippen LogP contribution in [-0.4, -0.2) is 53.7 Å². The van der Waals surface area contributed by atoms with Crippen LogP contribution >= 0.6 is 0 Å². The first-order valence-electron chi connectivity index (χ1n) is 7.67. The Kier molecular flexibility index (Phi) is 4.04. The van der Waals surface area contributed by atoms with Crippen LogP contribution in [0, 0.1) is 18.2 Å². The van der Waals surface area contributed by atoms with Gasteiger partial charge in [-0.05, 0) is 37.1 Å². The molecule has 0 spiro atoms. The molecule has 1 unspecified atom stereocenters. The SMILES string of the molecule is COCC1(C(=O)O)CCN(C(=O)c2cc3c(C)cc(F)cc3[nH]2)C1. The minimum atomic E-state index is -1.07. The van der Waals surface area contributed by atoms with Crippen LogP contribution in [0.15, 0.2) is 18.2 Å². The molecule has 24 heavy (non-hydrogen) atoms. The Balaban J connectivity index is 1.88. The predicted molar refractivity (Wildman–Crippen MR) is 85.5 cm³/mol. The molecular weight excluding hydrogens is 315 g/mol. The maximum Gasteiger partial charge on any atom is 0.313 e. The number of rotatable bonds is 4. The molecule has 1 atom stereocenters. The monoisotopic (exact) mass is 334 g/mol. The normalized spacial score (nSPS) is 20.7. The van der Waals surface area contributed by atoms with E-state index in [1.807, 2.05) is 0 Å². The highest BCUT2D eigenvalue weighted by Gasteiger charge is 2.46. The number of hydrogen-bond acceptors (Lipinski definition) is 3. The van der Waals surface area contributed by atoms with E-state index in [4.69, 9.17) is 4.74 Å². The minimum absolute atomic E-state index is 0.0587. The van der Waals surface area contributed by atoms with Crippen molar-refractivity contribution >= 4 is 22.8 Å². The number of ether oxygens (including phenoxy) is 1. The zero-order valence-corrected chi connectivity index (χ0v) is 13.6. The largest absolute Gasteiger partial charge is 0.481 e. The van der Waals surface area contributed by atoms with Crippen LogP contribution in [0.5, 0.6) is 0 Å². The van der Waals surface area contributed by atoms with Crippen molar-refractivity contribution in [1.82, 2.24) is 9.88 Å². The fraction of sp³-hybridized carbons (Fsp3) is 0.412. The number of fused-ring (bicyclic) bond motifs is 1. The first-order chi connectivity index (χ1) is 11.4. The molecule has 1 aromatic heterocycles. The van der Waals surface area contributed by atoms with Crippen LogP contribution in [0.1, 0.15) is 22.5 Å². The van der Waals surface area contributed by atoms with E-state index in [0.29, 0.717) is 24.2 Å². The fourth-order valence-corrected chi connectivity index (χ4v) is 3.34. The summed E-state index contributed by atoms with van der Waals surface area (Å²) in [5.74, 6) is -1.62. The van der Waals surface area contributed by atoms with Crippen LogP contribution in [0.4, 0.5) is 4.39 Å². The Morgan fingerprint density at radius 2 is 2.17 bits per heavy atom. The highest BCUT2D eigenvalue weighted by molar-refractivity contribution is 5.99. The van der Waals surface area contributed by atoms with Gasteiger partial charge in [-0.1, -0.05) is 0 Å². The third-order valence-corrected chi connectivity index (χ3v) is 4.66. The van der Waals surface area contributed by atoms with Crippen molar-refractivity contribution in [3.05, 3.63) is 35.3 Å². The first-order valence-corrected chi connectivity index (χ1v) is 7.67. The van der Waals surface area contributed by atoms with E-state index >= 15 is 0 Å². The second-order valence-electron chi connectivity index (χ2n) is 6.36. The lowest BCUT2D eigenvalue weighted by Gasteiger charge is -2.23. The summed E-state index contributed by atoms with van der Waals surface area (Å²) in [6.07, 6.45) is 0.343. The number of nitrogens with zero attached hydrogens (tertiary/aromatic N) is 1. The summed E-state index contributed by atoms with van der Waals surface area (Å²) in [5.41, 5.74) is 0.549. The third kappa shape index (κ3) is 2.65. The van der Waals surface area contributed by atoms with Crippen LogP contribution in [0.2, 0.25) is 0 Å². The topological polar surface area (TPSA) is 82.6 Å². The summed E-state index contributed by atoms with van der Waals surface area (Å²) in [6, 6.07) is 4.44. The number of benzene rings is 1. The molecule has 2 heterocycles. The molecule has 1 fully saturated rings. The number of halogens is 1.